The van der Waals surface area contributed by atoms with Gasteiger partial charge in [0.2, 0.25) is 0 Å². The minimum atomic E-state index is 0.502. The summed E-state index contributed by atoms with van der Waals surface area (Å²) in [6.45, 7) is 1.39. The van der Waals surface area contributed by atoms with Crippen LogP contribution in [0, 0.1) is 0 Å². The summed E-state index contributed by atoms with van der Waals surface area (Å²) in [5, 5.41) is 5.02. The summed E-state index contributed by atoms with van der Waals surface area (Å²) >= 11 is 18.5. The fraction of sp³-hybridized carbons (Fsp3) is 0.250. The number of nitrogens with zero attached hydrogens (tertiary/aromatic N) is 1. The third-order valence-electron chi connectivity index (χ3n) is 3.10. The molecule has 0 aliphatic heterocycles. The third kappa shape index (κ3) is 4.27. The lowest BCUT2D eigenvalue weighted by molar-refractivity contribution is 0.403. The summed E-state index contributed by atoms with van der Waals surface area (Å²) in [5.74, 6) is 0. The summed E-state index contributed by atoms with van der Waals surface area (Å²) in [5.41, 5.74) is 3.10. The van der Waals surface area contributed by atoms with Gasteiger partial charge in [0.05, 0.1) is 10.0 Å². The van der Waals surface area contributed by atoms with Crippen LogP contribution in [-0.2, 0) is 13.1 Å². The Balaban J connectivity index is 2.19. The first-order valence-corrected chi connectivity index (χ1v) is 7.71. The summed E-state index contributed by atoms with van der Waals surface area (Å²) in [6.07, 6.45) is 0. The van der Waals surface area contributed by atoms with Gasteiger partial charge >= 0.3 is 0 Å². The van der Waals surface area contributed by atoms with Crippen LogP contribution in [0.5, 0.6) is 0 Å². The number of hydrogen-bond acceptors (Lipinski definition) is 2. The number of anilines is 1. The second kappa shape index (κ2) is 7.37. The highest BCUT2D eigenvalue weighted by Gasteiger charge is 2.10. The zero-order valence-electron chi connectivity index (χ0n) is 12.0. The average molecular weight is 344 g/mol. The van der Waals surface area contributed by atoms with E-state index in [9.17, 15) is 0 Å². The Hall–Kier alpha value is -0.930. The molecule has 0 spiro atoms. The molecule has 0 saturated heterocycles. The smallest absolute Gasteiger partial charge is 0.0657 e. The molecule has 2 rings (SSSR count). The zero-order chi connectivity index (χ0) is 15.4. The van der Waals surface area contributed by atoms with E-state index in [0.717, 1.165) is 17.8 Å². The van der Waals surface area contributed by atoms with Crippen molar-refractivity contribution < 1.29 is 0 Å². The summed E-state index contributed by atoms with van der Waals surface area (Å²) in [6, 6.07) is 11.6. The molecule has 0 atom stereocenters. The molecule has 0 fully saturated rings. The van der Waals surface area contributed by atoms with E-state index in [4.69, 9.17) is 34.8 Å². The molecule has 0 bridgehead atoms. The SMILES string of the molecule is CN(C)Cc1ccccc1NCc1c(Cl)ccc(Cl)c1Cl. The molecule has 0 aliphatic carbocycles. The summed E-state index contributed by atoms with van der Waals surface area (Å²) in [4.78, 5) is 2.12. The van der Waals surface area contributed by atoms with Crippen LogP contribution in [0.3, 0.4) is 0 Å². The van der Waals surface area contributed by atoms with Gasteiger partial charge < -0.3 is 10.2 Å². The van der Waals surface area contributed by atoms with Crippen molar-refractivity contribution in [2.75, 3.05) is 19.4 Å². The molecule has 112 valence electrons. The van der Waals surface area contributed by atoms with Crippen molar-refractivity contribution in [2.45, 2.75) is 13.1 Å². The lowest BCUT2D eigenvalue weighted by Gasteiger charge is -2.16. The maximum Gasteiger partial charge on any atom is 0.0657 e. The van der Waals surface area contributed by atoms with Gasteiger partial charge in [-0.05, 0) is 37.9 Å². The fourth-order valence-corrected chi connectivity index (χ4v) is 2.77. The maximum atomic E-state index is 6.22. The number of hydrogen-bond donors (Lipinski definition) is 1. The van der Waals surface area contributed by atoms with Gasteiger partial charge in [-0.2, -0.15) is 0 Å². The van der Waals surface area contributed by atoms with Gasteiger partial charge in [-0.25, -0.2) is 0 Å². The van der Waals surface area contributed by atoms with Crippen molar-refractivity contribution >= 4 is 40.5 Å². The Labute approximate surface area is 140 Å². The van der Waals surface area contributed by atoms with Crippen molar-refractivity contribution in [3.8, 4) is 0 Å². The molecule has 21 heavy (non-hydrogen) atoms. The van der Waals surface area contributed by atoms with Gasteiger partial charge in [0.1, 0.15) is 0 Å². The molecule has 1 N–H and O–H groups in total. The molecule has 2 aromatic carbocycles. The van der Waals surface area contributed by atoms with Crippen molar-refractivity contribution in [2.24, 2.45) is 0 Å². The highest BCUT2D eigenvalue weighted by molar-refractivity contribution is 6.44. The largest absolute Gasteiger partial charge is 0.381 e. The Bertz CT molecular complexity index is 627. The number of nitrogens with one attached hydrogen (secondary N) is 1. The molecule has 0 heterocycles. The van der Waals surface area contributed by atoms with E-state index in [2.05, 4.69) is 16.3 Å². The predicted molar refractivity (Wildman–Crippen MR) is 92.6 cm³/mol. The first-order valence-electron chi connectivity index (χ1n) is 6.58. The standard InChI is InChI=1S/C16H17Cl3N2/c1-21(2)10-11-5-3-4-6-15(11)20-9-12-13(17)7-8-14(18)16(12)19/h3-8,20H,9-10H2,1-2H3. The molecule has 0 aliphatic rings. The first kappa shape index (κ1) is 16.4. The topological polar surface area (TPSA) is 15.3 Å². The van der Waals surface area contributed by atoms with Crippen LogP contribution in [0.25, 0.3) is 0 Å². The first-order chi connectivity index (χ1) is 9.99. The summed E-state index contributed by atoms with van der Waals surface area (Å²) in [7, 11) is 4.09. The zero-order valence-corrected chi connectivity index (χ0v) is 14.2. The van der Waals surface area contributed by atoms with Crippen molar-refractivity contribution in [3.63, 3.8) is 0 Å². The van der Waals surface area contributed by atoms with Crippen LogP contribution in [0.4, 0.5) is 5.69 Å². The van der Waals surface area contributed by atoms with Crippen LogP contribution >= 0.6 is 34.8 Å². The summed E-state index contributed by atoms with van der Waals surface area (Å²) < 4.78 is 0. The molecule has 0 saturated carbocycles. The highest BCUT2D eigenvalue weighted by Crippen LogP contribution is 2.32. The Kier molecular flexibility index (Phi) is 5.77. The molecular weight excluding hydrogens is 327 g/mol. The minimum absolute atomic E-state index is 0.502. The molecule has 0 unspecified atom stereocenters. The third-order valence-corrected chi connectivity index (χ3v) is 4.30. The van der Waals surface area contributed by atoms with E-state index < -0.39 is 0 Å². The van der Waals surface area contributed by atoms with Crippen LogP contribution < -0.4 is 5.32 Å². The normalized spacial score (nSPS) is 11.0. The number of benzene rings is 2. The quantitative estimate of drug-likeness (QED) is 0.739. The van der Waals surface area contributed by atoms with Gasteiger partial charge in [-0.3, -0.25) is 0 Å². The van der Waals surface area contributed by atoms with Gasteiger partial charge in [-0.15, -0.1) is 0 Å². The monoisotopic (exact) mass is 342 g/mol. The average Bonchev–Trinajstić information content (AvgIpc) is 2.44. The van der Waals surface area contributed by atoms with Crippen LogP contribution in [0.1, 0.15) is 11.1 Å². The van der Waals surface area contributed by atoms with Gasteiger partial charge in [0.15, 0.2) is 0 Å². The van der Waals surface area contributed by atoms with E-state index in [1.165, 1.54) is 5.56 Å². The molecular formula is C16H17Cl3N2. The lowest BCUT2D eigenvalue weighted by Crippen LogP contribution is -2.13. The van der Waals surface area contributed by atoms with Crippen molar-refractivity contribution in [1.82, 2.24) is 4.90 Å². The molecule has 2 nitrogen and oxygen atoms in total. The highest BCUT2D eigenvalue weighted by atomic mass is 35.5. The van der Waals surface area contributed by atoms with Gasteiger partial charge in [-0.1, -0.05) is 53.0 Å². The fourth-order valence-electron chi connectivity index (χ4n) is 2.09. The van der Waals surface area contributed by atoms with E-state index in [1.54, 1.807) is 12.1 Å². The molecule has 0 aromatic heterocycles. The predicted octanol–water partition coefficient (Wildman–Crippen LogP) is 5.32. The van der Waals surface area contributed by atoms with E-state index in [0.29, 0.717) is 21.6 Å². The van der Waals surface area contributed by atoms with E-state index in [-0.39, 0.29) is 0 Å². The van der Waals surface area contributed by atoms with Gasteiger partial charge in [0, 0.05) is 29.4 Å². The molecule has 0 amide bonds. The second-order valence-corrected chi connectivity index (χ2v) is 6.26. The van der Waals surface area contributed by atoms with Crippen molar-refractivity contribution in [3.05, 3.63) is 62.6 Å². The molecule has 2 aromatic rings. The van der Waals surface area contributed by atoms with Crippen LogP contribution in [-0.4, -0.2) is 19.0 Å². The number of para-hydroxylation sites is 1. The second-order valence-electron chi connectivity index (χ2n) is 5.07. The lowest BCUT2D eigenvalue weighted by atomic mass is 10.1. The number of rotatable bonds is 5. The Morgan fingerprint density at radius 2 is 1.62 bits per heavy atom. The Morgan fingerprint density at radius 3 is 2.33 bits per heavy atom. The number of halogens is 3. The van der Waals surface area contributed by atoms with Crippen molar-refractivity contribution in [1.29, 1.82) is 0 Å². The van der Waals surface area contributed by atoms with E-state index in [1.807, 2.05) is 32.3 Å². The molecule has 0 radical (unpaired) electrons. The van der Waals surface area contributed by atoms with Crippen LogP contribution in [0.15, 0.2) is 36.4 Å². The molecule has 5 heteroatoms. The van der Waals surface area contributed by atoms with Crippen LogP contribution in [0.2, 0.25) is 15.1 Å². The minimum Gasteiger partial charge on any atom is -0.381 e. The maximum absolute atomic E-state index is 6.22. The van der Waals surface area contributed by atoms with E-state index >= 15 is 0 Å². The van der Waals surface area contributed by atoms with Gasteiger partial charge in [0.25, 0.3) is 0 Å². The Morgan fingerprint density at radius 1 is 0.952 bits per heavy atom.